The summed E-state index contributed by atoms with van der Waals surface area (Å²) in [7, 11) is 0. The molecule has 2 aliphatic carbocycles. The van der Waals surface area contributed by atoms with E-state index in [9.17, 15) is 9.59 Å². The normalized spacial score (nSPS) is 24.6. The molecule has 2 N–H and O–H groups in total. The number of amides is 1. The summed E-state index contributed by atoms with van der Waals surface area (Å²) in [4.78, 5) is 28.2. The number of aromatic nitrogens is 1. The molecule has 4 rings (SSSR count). The minimum Gasteiger partial charge on any atom is -0.452 e. The molecule has 3 atom stereocenters. The van der Waals surface area contributed by atoms with Crippen LogP contribution in [0.1, 0.15) is 67.6 Å². The minimum atomic E-state index is -0.437. The van der Waals surface area contributed by atoms with Crippen LogP contribution in [0.15, 0.2) is 18.2 Å². The molecular weight excluding hydrogens is 352 g/mol. The maximum absolute atomic E-state index is 12.5. The molecule has 1 aromatic carbocycles. The van der Waals surface area contributed by atoms with Gasteiger partial charge in [0.1, 0.15) is 0 Å². The Morgan fingerprint density at radius 1 is 1.18 bits per heavy atom. The van der Waals surface area contributed by atoms with Crippen LogP contribution >= 0.6 is 0 Å². The van der Waals surface area contributed by atoms with Gasteiger partial charge in [-0.2, -0.15) is 0 Å². The molecule has 1 heterocycles. The average Bonchev–Trinajstić information content (AvgIpc) is 3.05. The Hall–Kier alpha value is -2.30. The van der Waals surface area contributed by atoms with Crippen molar-refractivity contribution in [3.05, 3.63) is 35.0 Å². The zero-order valence-corrected chi connectivity index (χ0v) is 16.8. The van der Waals surface area contributed by atoms with Gasteiger partial charge in [0.25, 0.3) is 5.91 Å². The van der Waals surface area contributed by atoms with E-state index in [4.69, 9.17) is 4.74 Å². The molecule has 1 aromatic heterocycles. The van der Waals surface area contributed by atoms with E-state index in [1.807, 2.05) is 12.1 Å². The van der Waals surface area contributed by atoms with Crippen molar-refractivity contribution in [3.63, 3.8) is 0 Å². The zero-order valence-electron chi connectivity index (χ0n) is 16.8. The van der Waals surface area contributed by atoms with Crippen molar-refractivity contribution in [1.29, 1.82) is 0 Å². The Labute approximate surface area is 166 Å². The summed E-state index contributed by atoms with van der Waals surface area (Å²) in [6.07, 6.45) is 7.82. The molecule has 0 radical (unpaired) electrons. The number of rotatable bonds is 4. The molecule has 2 aliphatic rings. The third-order valence-corrected chi connectivity index (χ3v) is 6.46. The number of esters is 1. The van der Waals surface area contributed by atoms with Gasteiger partial charge in [-0.05, 0) is 67.7 Å². The predicted octanol–water partition coefficient (Wildman–Crippen LogP) is 4.14. The smallest absolute Gasteiger partial charge is 0.338 e. The van der Waals surface area contributed by atoms with E-state index in [0.29, 0.717) is 17.4 Å². The molecule has 0 aliphatic heterocycles. The van der Waals surface area contributed by atoms with Crippen molar-refractivity contribution < 1.29 is 14.3 Å². The number of benzene rings is 1. The van der Waals surface area contributed by atoms with Gasteiger partial charge in [-0.15, -0.1) is 0 Å². The molecule has 150 valence electrons. The Balaban J connectivity index is 1.40. The molecule has 0 spiro atoms. The van der Waals surface area contributed by atoms with Crippen molar-refractivity contribution in [2.24, 2.45) is 11.8 Å². The van der Waals surface area contributed by atoms with E-state index in [1.165, 1.54) is 24.1 Å². The van der Waals surface area contributed by atoms with Crippen molar-refractivity contribution in [1.82, 2.24) is 10.3 Å². The van der Waals surface area contributed by atoms with E-state index in [0.717, 1.165) is 43.0 Å². The van der Waals surface area contributed by atoms with Crippen LogP contribution in [0.5, 0.6) is 0 Å². The third kappa shape index (κ3) is 3.94. The van der Waals surface area contributed by atoms with Gasteiger partial charge in [0.15, 0.2) is 6.61 Å². The SMILES string of the molecule is C[C@@H]1CCc2[nH]c3ccc(C(=O)OCC(=O)N[C@H]4CCCC[C@H]4C)cc3c2C1. The highest BCUT2D eigenvalue weighted by Crippen LogP contribution is 2.32. The number of nitrogens with one attached hydrogen (secondary N) is 2. The summed E-state index contributed by atoms with van der Waals surface area (Å²) in [5.74, 6) is 0.500. The largest absolute Gasteiger partial charge is 0.452 e. The standard InChI is InChI=1S/C23H30N2O3/c1-14-7-9-20-17(11-14)18-12-16(8-10-21(18)24-20)23(27)28-13-22(26)25-19-6-4-3-5-15(19)2/h8,10,12,14-15,19,24H,3-7,9,11,13H2,1-2H3,(H,25,26)/t14-,15-,19+/m1/s1. The quantitative estimate of drug-likeness (QED) is 0.781. The number of hydrogen-bond acceptors (Lipinski definition) is 3. The Bertz CT molecular complexity index is 885. The van der Waals surface area contributed by atoms with Gasteiger partial charge in [-0.25, -0.2) is 4.79 Å². The minimum absolute atomic E-state index is 0.199. The lowest BCUT2D eigenvalue weighted by Gasteiger charge is -2.29. The highest BCUT2D eigenvalue weighted by atomic mass is 16.5. The van der Waals surface area contributed by atoms with Crippen LogP contribution in [0, 0.1) is 11.8 Å². The maximum atomic E-state index is 12.5. The van der Waals surface area contributed by atoms with Gasteiger partial charge < -0.3 is 15.0 Å². The second-order valence-corrected chi connectivity index (χ2v) is 8.70. The zero-order chi connectivity index (χ0) is 19.7. The molecule has 1 amide bonds. The van der Waals surface area contributed by atoms with Crippen LogP contribution in [0.25, 0.3) is 10.9 Å². The van der Waals surface area contributed by atoms with Crippen molar-refractivity contribution >= 4 is 22.8 Å². The lowest BCUT2D eigenvalue weighted by molar-refractivity contribution is -0.125. The first-order valence-electron chi connectivity index (χ1n) is 10.6. The first kappa shape index (κ1) is 19.0. The Morgan fingerprint density at radius 3 is 2.82 bits per heavy atom. The van der Waals surface area contributed by atoms with Gasteiger partial charge in [-0.1, -0.05) is 26.7 Å². The molecule has 0 saturated heterocycles. The van der Waals surface area contributed by atoms with E-state index in [1.54, 1.807) is 6.07 Å². The van der Waals surface area contributed by atoms with Gasteiger partial charge in [0, 0.05) is 22.6 Å². The number of carbonyl (C=O) groups excluding carboxylic acids is 2. The van der Waals surface area contributed by atoms with E-state index in [2.05, 4.69) is 24.1 Å². The summed E-state index contributed by atoms with van der Waals surface area (Å²) in [5.41, 5.74) is 4.19. The number of aromatic amines is 1. The van der Waals surface area contributed by atoms with Crippen molar-refractivity contribution in [2.75, 3.05) is 6.61 Å². The monoisotopic (exact) mass is 382 g/mol. The van der Waals surface area contributed by atoms with Crippen LogP contribution in [0.3, 0.4) is 0 Å². The summed E-state index contributed by atoms with van der Waals surface area (Å²) < 4.78 is 5.30. The van der Waals surface area contributed by atoms with Gasteiger partial charge >= 0.3 is 5.97 Å². The Morgan fingerprint density at radius 2 is 2.00 bits per heavy atom. The summed E-state index contributed by atoms with van der Waals surface area (Å²) in [5, 5.41) is 4.13. The first-order chi connectivity index (χ1) is 13.5. The fourth-order valence-electron chi connectivity index (χ4n) is 4.71. The molecule has 28 heavy (non-hydrogen) atoms. The second-order valence-electron chi connectivity index (χ2n) is 8.70. The average molecular weight is 383 g/mol. The highest BCUT2D eigenvalue weighted by Gasteiger charge is 2.24. The summed E-state index contributed by atoms with van der Waals surface area (Å²) in [6, 6.07) is 5.83. The number of ether oxygens (including phenoxy) is 1. The van der Waals surface area contributed by atoms with E-state index >= 15 is 0 Å². The van der Waals surface area contributed by atoms with Crippen LogP contribution in [-0.2, 0) is 22.4 Å². The van der Waals surface area contributed by atoms with Gasteiger partial charge in [0.2, 0.25) is 0 Å². The fraction of sp³-hybridized carbons (Fsp3) is 0.565. The molecule has 0 bridgehead atoms. The predicted molar refractivity (Wildman–Crippen MR) is 109 cm³/mol. The van der Waals surface area contributed by atoms with Crippen molar-refractivity contribution in [3.8, 4) is 0 Å². The molecule has 5 heteroatoms. The molecule has 1 saturated carbocycles. The maximum Gasteiger partial charge on any atom is 0.338 e. The number of H-pyrrole nitrogens is 1. The topological polar surface area (TPSA) is 71.2 Å². The molecular formula is C23H30N2O3. The molecule has 1 fully saturated rings. The molecule has 2 aromatic rings. The lowest BCUT2D eigenvalue weighted by atomic mass is 9.86. The molecule has 5 nitrogen and oxygen atoms in total. The lowest BCUT2D eigenvalue weighted by Crippen LogP contribution is -2.42. The van der Waals surface area contributed by atoms with Gasteiger partial charge in [0.05, 0.1) is 5.56 Å². The third-order valence-electron chi connectivity index (χ3n) is 6.46. The molecule has 0 unspecified atom stereocenters. The summed E-state index contributed by atoms with van der Waals surface area (Å²) in [6.45, 7) is 4.22. The fourth-order valence-corrected chi connectivity index (χ4v) is 4.71. The number of carbonyl (C=O) groups is 2. The van der Waals surface area contributed by atoms with Crippen LogP contribution < -0.4 is 5.32 Å². The van der Waals surface area contributed by atoms with Gasteiger partial charge in [-0.3, -0.25) is 4.79 Å². The second kappa shape index (κ2) is 7.98. The Kier molecular flexibility index (Phi) is 5.42. The summed E-state index contributed by atoms with van der Waals surface area (Å²) >= 11 is 0. The first-order valence-corrected chi connectivity index (χ1v) is 10.6. The number of aryl methyl sites for hydroxylation is 1. The van der Waals surface area contributed by atoms with Crippen LogP contribution in [-0.4, -0.2) is 29.5 Å². The number of hydrogen-bond donors (Lipinski definition) is 2. The van der Waals surface area contributed by atoms with E-state index < -0.39 is 5.97 Å². The van der Waals surface area contributed by atoms with Crippen LogP contribution in [0.2, 0.25) is 0 Å². The highest BCUT2D eigenvalue weighted by molar-refractivity contribution is 5.97. The van der Waals surface area contributed by atoms with E-state index in [-0.39, 0.29) is 18.6 Å². The van der Waals surface area contributed by atoms with Crippen molar-refractivity contribution in [2.45, 2.75) is 64.8 Å². The van der Waals surface area contributed by atoms with Crippen LogP contribution in [0.4, 0.5) is 0 Å². The number of fused-ring (bicyclic) bond motifs is 3.